The number of carbonyl (C=O) groups is 1. The van der Waals surface area contributed by atoms with Gasteiger partial charge in [-0.25, -0.2) is 13.8 Å². The number of hydrogen-bond acceptors (Lipinski definition) is 6. The average Bonchev–Trinajstić information content (AvgIpc) is 3.57. The predicted molar refractivity (Wildman–Crippen MR) is 154 cm³/mol. The molecule has 0 radical (unpaired) electrons. The number of methoxy groups -OCH3 is 1. The summed E-state index contributed by atoms with van der Waals surface area (Å²) in [5.74, 6) is -0.153. The fourth-order valence-corrected chi connectivity index (χ4v) is 4.88. The summed E-state index contributed by atoms with van der Waals surface area (Å²) in [7, 11) is 6.82. The zero-order valence-electron chi connectivity index (χ0n) is 22.7. The summed E-state index contributed by atoms with van der Waals surface area (Å²) < 4.78 is 40.2. The molecule has 3 aromatic carbocycles. The Labute approximate surface area is 233 Å². The lowest BCUT2D eigenvalue weighted by molar-refractivity contribution is 0.0964. The van der Waals surface area contributed by atoms with Gasteiger partial charge < -0.3 is 24.4 Å². The van der Waals surface area contributed by atoms with Crippen LogP contribution in [-0.2, 0) is 0 Å². The monoisotopic (exact) mass is 553 g/mol. The summed E-state index contributed by atoms with van der Waals surface area (Å²) in [4.78, 5) is 27.0. The highest BCUT2D eigenvalue weighted by molar-refractivity contribution is 6.13. The van der Waals surface area contributed by atoms with Crippen molar-refractivity contribution in [1.82, 2.24) is 20.3 Å². The Hall–Kier alpha value is -5.25. The Bertz CT molecular complexity index is 1940. The number of fused-ring (bicyclic) bond motifs is 2. The van der Waals surface area contributed by atoms with Gasteiger partial charge in [0.2, 0.25) is 5.88 Å². The number of H-pyrrole nitrogens is 1. The number of ether oxygens (including phenoxy) is 1. The molecule has 2 N–H and O–H groups in total. The number of hydrogen-bond donors (Lipinski definition) is 2. The number of nitrogens with one attached hydrogen (secondary N) is 2. The normalized spacial score (nSPS) is 11.3. The zero-order valence-corrected chi connectivity index (χ0v) is 22.7. The van der Waals surface area contributed by atoms with Crippen LogP contribution in [0.4, 0.5) is 14.5 Å². The predicted octanol–water partition coefficient (Wildman–Crippen LogP) is 6.42. The number of aromatic amines is 1. The fourth-order valence-electron chi connectivity index (χ4n) is 4.88. The topological polar surface area (TPSA) is 96.3 Å². The molecular formula is C31H25F2N5O3. The van der Waals surface area contributed by atoms with Gasteiger partial charge in [0.05, 0.1) is 23.8 Å². The smallest absolute Gasteiger partial charge is 0.255 e. The van der Waals surface area contributed by atoms with E-state index in [0.29, 0.717) is 56.3 Å². The molecule has 0 aliphatic rings. The highest BCUT2D eigenvalue weighted by atomic mass is 19.1. The van der Waals surface area contributed by atoms with Crippen LogP contribution in [0.2, 0.25) is 0 Å². The second kappa shape index (κ2) is 10.1. The molecular weight excluding hydrogens is 528 g/mol. The van der Waals surface area contributed by atoms with Crippen LogP contribution in [0.3, 0.4) is 0 Å². The minimum Gasteiger partial charge on any atom is -0.481 e. The van der Waals surface area contributed by atoms with Crippen molar-refractivity contribution in [3.05, 3.63) is 83.9 Å². The molecule has 206 valence electrons. The molecule has 0 spiro atoms. The molecule has 1 amide bonds. The first-order valence-corrected chi connectivity index (χ1v) is 12.7. The van der Waals surface area contributed by atoms with Crippen molar-refractivity contribution in [1.29, 1.82) is 0 Å². The minimum absolute atomic E-state index is 0.259. The highest BCUT2D eigenvalue weighted by Crippen LogP contribution is 2.41. The van der Waals surface area contributed by atoms with Crippen molar-refractivity contribution in [3.8, 4) is 39.7 Å². The first-order valence-electron chi connectivity index (χ1n) is 12.7. The van der Waals surface area contributed by atoms with Gasteiger partial charge in [0.25, 0.3) is 5.91 Å². The van der Waals surface area contributed by atoms with E-state index in [-0.39, 0.29) is 11.5 Å². The van der Waals surface area contributed by atoms with Crippen LogP contribution < -0.4 is 15.0 Å². The molecule has 0 saturated carbocycles. The van der Waals surface area contributed by atoms with Crippen molar-refractivity contribution < 1.29 is 22.7 Å². The van der Waals surface area contributed by atoms with Gasteiger partial charge in [-0.3, -0.25) is 4.79 Å². The molecule has 0 aliphatic carbocycles. The summed E-state index contributed by atoms with van der Waals surface area (Å²) in [5.41, 5.74) is 4.90. The number of benzene rings is 3. The molecule has 0 saturated heterocycles. The van der Waals surface area contributed by atoms with Crippen LogP contribution in [0.15, 0.2) is 71.1 Å². The largest absolute Gasteiger partial charge is 0.481 e. The second-order valence-electron chi connectivity index (χ2n) is 9.66. The number of carbonyl (C=O) groups excluding carboxylic acids is 1. The lowest BCUT2D eigenvalue weighted by atomic mass is 9.96. The third-order valence-corrected chi connectivity index (χ3v) is 6.91. The van der Waals surface area contributed by atoms with Gasteiger partial charge in [-0.1, -0.05) is 6.07 Å². The molecule has 10 heteroatoms. The summed E-state index contributed by atoms with van der Waals surface area (Å²) in [6, 6.07) is 17.7. The number of rotatable bonds is 6. The number of halogens is 2. The number of pyridine rings is 1. The third-order valence-electron chi connectivity index (χ3n) is 6.91. The van der Waals surface area contributed by atoms with E-state index in [1.165, 1.54) is 32.4 Å². The van der Waals surface area contributed by atoms with Crippen LogP contribution in [0.1, 0.15) is 10.4 Å². The summed E-state index contributed by atoms with van der Waals surface area (Å²) in [6.45, 7) is 0. The lowest BCUT2D eigenvalue weighted by Crippen LogP contribution is -2.18. The number of aromatic nitrogens is 3. The van der Waals surface area contributed by atoms with E-state index in [1.54, 1.807) is 36.4 Å². The molecule has 3 aromatic heterocycles. The van der Waals surface area contributed by atoms with Gasteiger partial charge in [-0.15, -0.1) is 0 Å². The van der Waals surface area contributed by atoms with Crippen LogP contribution in [0, 0.1) is 11.6 Å². The minimum atomic E-state index is -0.458. The Morgan fingerprint density at radius 3 is 2.41 bits per heavy atom. The van der Waals surface area contributed by atoms with E-state index in [9.17, 15) is 9.18 Å². The van der Waals surface area contributed by atoms with Crippen molar-refractivity contribution in [2.24, 2.45) is 0 Å². The Morgan fingerprint density at radius 1 is 0.951 bits per heavy atom. The van der Waals surface area contributed by atoms with Crippen molar-refractivity contribution >= 4 is 33.7 Å². The van der Waals surface area contributed by atoms with Gasteiger partial charge in [-0.05, 0) is 54.1 Å². The molecule has 6 aromatic rings. The molecule has 8 nitrogen and oxygen atoms in total. The van der Waals surface area contributed by atoms with E-state index in [4.69, 9.17) is 9.15 Å². The number of amides is 1. The van der Waals surface area contributed by atoms with Crippen molar-refractivity contribution in [2.45, 2.75) is 0 Å². The summed E-state index contributed by atoms with van der Waals surface area (Å²) in [5, 5.41) is 3.24. The molecule has 0 unspecified atom stereocenters. The number of furan rings is 1. The van der Waals surface area contributed by atoms with Crippen molar-refractivity contribution in [2.75, 3.05) is 33.2 Å². The SMILES string of the molecule is CNC(=O)c1c(-c2ccc(F)cc2)oc2cc(N(C)C)c(-c3ccc(F)c(-c4nc5nc(OC)ccc5[nH]4)c3)cc12. The van der Waals surface area contributed by atoms with Crippen LogP contribution in [0.5, 0.6) is 5.88 Å². The maximum Gasteiger partial charge on any atom is 0.255 e. The van der Waals surface area contributed by atoms with E-state index < -0.39 is 11.6 Å². The van der Waals surface area contributed by atoms with Crippen LogP contribution >= 0.6 is 0 Å². The summed E-state index contributed by atoms with van der Waals surface area (Å²) in [6.07, 6.45) is 0. The standard InChI is InChI=1S/C31H25F2N5O3/c1-34-31(39)27-21-14-19(24(38(2)3)15-25(21)41-28(27)16-5-8-18(32)9-6-16)17-7-10-22(33)20(13-17)29-35-23-11-12-26(40-4)36-30(23)37-29/h5-15H,1-4H3,(H,34,39)(H,35,36,37). The molecule has 0 bridgehead atoms. The van der Waals surface area contributed by atoms with Gasteiger partial charge in [0, 0.05) is 55.5 Å². The average molecular weight is 554 g/mol. The number of anilines is 1. The Kier molecular flexibility index (Phi) is 6.37. The van der Waals surface area contributed by atoms with Crippen LogP contribution in [0.25, 0.3) is 56.0 Å². The summed E-state index contributed by atoms with van der Waals surface area (Å²) >= 11 is 0. The second-order valence-corrected chi connectivity index (χ2v) is 9.66. The quantitative estimate of drug-likeness (QED) is 0.247. The molecule has 0 fully saturated rings. The first kappa shape index (κ1) is 26.0. The van der Waals surface area contributed by atoms with Gasteiger partial charge in [-0.2, -0.15) is 4.98 Å². The van der Waals surface area contributed by atoms with E-state index in [0.717, 1.165) is 11.3 Å². The zero-order chi connectivity index (χ0) is 28.8. The van der Waals surface area contributed by atoms with E-state index in [2.05, 4.69) is 20.3 Å². The van der Waals surface area contributed by atoms with Gasteiger partial charge in [0.1, 0.15) is 28.8 Å². The highest BCUT2D eigenvalue weighted by Gasteiger charge is 2.24. The van der Waals surface area contributed by atoms with Crippen molar-refractivity contribution in [3.63, 3.8) is 0 Å². The van der Waals surface area contributed by atoms with Crippen LogP contribution in [-0.4, -0.2) is 49.1 Å². The first-order chi connectivity index (χ1) is 19.8. The third kappa shape index (κ3) is 4.53. The maximum atomic E-state index is 15.2. The molecule has 0 atom stereocenters. The number of imidazole rings is 1. The van der Waals surface area contributed by atoms with E-state index >= 15 is 4.39 Å². The maximum absolute atomic E-state index is 15.2. The Morgan fingerprint density at radius 2 is 1.71 bits per heavy atom. The Balaban J connectivity index is 1.55. The van der Waals surface area contributed by atoms with Gasteiger partial charge >= 0.3 is 0 Å². The fraction of sp³-hybridized carbons (Fsp3) is 0.129. The number of nitrogens with zero attached hydrogens (tertiary/aromatic N) is 3. The van der Waals surface area contributed by atoms with E-state index in [1.807, 2.05) is 31.1 Å². The molecule has 6 rings (SSSR count). The molecule has 0 aliphatic heterocycles. The lowest BCUT2D eigenvalue weighted by Gasteiger charge is -2.18. The van der Waals surface area contributed by atoms with Gasteiger partial charge in [0.15, 0.2) is 5.65 Å². The molecule has 3 heterocycles. The molecule has 41 heavy (non-hydrogen) atoms.